The molecule has 1 aromatic carbocycles. The minimum atomic E-state index is -0.643. The summed E-state index contributed by atoms with van der Waals surface area (Å²) in [6.45, 7) is 3.47. The number of aryl methyl sites for hydroxylation is 1. The lowest BCUT2D eigenvalue weighted by molar-refractivity contribution is 0.0688. The second-order valence-corrected chi connectivity index (χ2v) is 7.87. The number of rotatable bonds is 4. The fourth-order valence-electron chi connectivity index (χ4n) is 3.46. The molecule has 2 amide bonds. The second-order valence-electron chi connectivity index (χ2n) is 7.12. The maximum absolute atomic E-state index is 12.5. The molecule has 29 heavy (non-hydrogen) atoms. The van der Waals surface area contributed by atoms with E-state index in [1.54, 1.807) is 36.1 Å². The van der Waals surface area contributed by atoms with E-state index in [1.165, 1.54) is 0 Å². The number of likely N-dealkylation sites (tertiary alicyclic amines) is 1. The number of aromatic nitrogens is 2. The van der Waals surface area contributed by atoms with Crippen LogP contribution < -0.4 is 10.9 Å². The lowest BCUT2D eigenvalue weighted by atomic mass is 9.96. The van der Waals surface area contributed by atoms with Gasteiger partial charge in [-0.05, 0) is 49.3 Å². The lowest BCUT2D eigenvalue weighted by Crippen LogP contribution is -2.42. The Bertz CT molecular complexity index is 1110. The molecule has 9 heteroatoms. The third-order valence-electron chi connectivity index (χ3n) is 5.18. The first-order valence-electron chi connectivity index (χ1n) is 9.42. The van der Waals surface area contributed by atoms with Crippen LogP contribution in [0.1, 0.15) is 38.6 Å². The van der Waals surface area contributed by atoms with Crippen LogP contribution in [0.25, 0.3) is 11.0 Å². The van der Waals surface area contributed by atoms with Gasteiger partial charge in [-0.1, -0.05) is 22.7 Å². The van der Waals surface area contributed by atoms with Crippen molar-refractivity contribution in [2.75, 3.05) is 19.6 Å². The van der Waals surface area contributed by atoms with Crippen LogP contribution in [-0.4, -0.2) is 45.9 Å². The Morgan fingerprint density at radius 3 is 2.76 bits per heavy atom. The summed E-state index contributed by atoms with van der Waals surface area (Å²) in [6.07, 6.45) is 1.56. The Morgan fingerprint density at radius 2 is 2.03 bits per heavy atom. The maximum Gasteiger partial charge on any atom is 0.349 e. The van der Waals surface area contributed by atoms with Gasteiger partial charge in [0.05, 0.1) is 5.69 Å². The summed E-state index contributed by atoms with van der Waals surface area (Å²) in [4.78, 5) is 39.5. The highest BCUT2D eigenvalue weighted by atomic mass is 32.1. The summed E-state index contributed by atoms with van der Waals surface area (Å²) in [5.41, 5.74) is 0.473. The highest BCUT2D eigenvalue weighted by molar-refractivity contribution is 7.07. The number of nitrogens with zero attached hydrogens (tertiary/aromatic N) is 3. The first-order chi connectivity index (χ1) is 14.0. The van der Waals surface area contributed by atoms with Gasteiger partial charge in [0, 0.05) is 25.0 Å². The van der Waals surface area contributed by atoms with Crippen molar-refractivity contribution in [3.8, 4) is 0 Å². The lowest BCUT2D eigenvalue weighted by Gasteiger charge is -2.31. The van der Waals surface area contributed by atoms with Crippen molar-refractivity contribution in [1.82, 2.24) is 19.8 Å². The van der Waals surface area contributed by atoms with Crippen molar-refractivity contribution in [1.29, 1.82) is 0 Å². The van der Waals surface area contributed by atoms with Crippen LogP contribution in [0.4, 0.5) is 0 Å². The molecule has 1 N–H and O–H groups in total. The Hall–Kier alpha value is -3.07. The van der Waals surface area contributed by atoms with Crippen molar-refractivity contribution in [3.63, 3.8) is 0 Å². The van der Waals surface area contributed by atoms with Gasteiger partial charge in [-0.15, -0.1) is 5.10 Å². The van der Waals surface area contributed by atoms with Crippen molar-refractivity contribution < 1.29 is 14.0 Å². The van der Waals surface area contributed by atoms with Gasteiger partial charge >= 0.3 is 5.63 Å². The largest absolute Gasteiger partial charge is 0.422 e. The van der Waals surface area contributed by atoms with Crippen LogP contribution in [0.15, 0.2) is 39.5 Å². The van der Waals surface area contributed by atoms with E-state index in [2.05, 4.69) is 14.9 Å². The van der Waals surface area contributed by atoms with Crippen molar-refractivity contribution >= 4 is 34.3 Å². The smallest absolute Gasteiger partial charge is 0.349 e. The van der Waals surface area contributed by atoms with Crippen LogP contribution in [0.2, 0.25) is 0 Å². The zero-order valence-corrected chi connectivity index (χ0v) is 16.7. The van der Waals surface area contributed by atoms with Gasteiger partial charge in [0.25, 0.3) is 11.8 Å². The molecule has 2 aromatic heterocycles. The van der Waals surface area contributed by atoms with E-state index < -0.39 is 11.5 Å². The Morgan fingerprint density at radius 1 is 1.28 bits per heavy atom. The second kappa shape index (κ2) is 8.12. The molecule has 0 unspecified atom stereocenters. The minimum absolute atomic E-state index is 0.00415. The van der Waals surface area contributed by atoms with E-state index in [-0.39, 0.29) is 17.4 Å². The van der Waals surface area contributed by atoms with E-state index in [0.29, 0.717) is 41.2 Å². The summed E-state index contributed by atoms with van der Waals surface area (Å²) in [6, 6.07) is 8.64. The van der Waals surface area contributed by atoms with Crippen LogP contribution in [0.5, 0.6) is 0 Å². The number of amides is 2. The number of benzene rings is 1. The van der Waals surface area contributed by atoms with E-state index in [0.717, 1.165) is 24.4 Å². The molecule has 1 aliphatic rings. The van der Waals surface area contributed by atoms with E-state index in [9.17, 15) is 14.4 Å². The average Bonchev–Trinajstić information content (AvgIpc) is 3.17. The molecule has 0 saturated carbocycles. The number of carbonyl (C=O) groups is 2. The topological polar surface area (TPSA) is 105 Å². The molecule has 3 aromatic rings. The van der Waals surface area contributed by atoms with Gasteiger partial charge in [0.2, 0.25) is 0 Å². The molecule has 8 nitrogen and oxygen atoms in total. The zero-order valence-electron chi connectivity index (χ0n) is 15.9. The highest BCUT2D eigenvalue weighted by Crippen LogP contribution is 2.21. The number of nitrogens with one attached hydrogen (secondary N) is 1. The molecule has 3 heterocycles. The number of hydrogen-bond donors (Lipinski definition) is 1. The summed E-state index contributed by atoms with van der Waals surface area (Å²) in [5, 5.41) is 7.43. The first-order valence-corrected chi connectivity index (χ1v) is 10.2. The monoisotopic (exact) mass is 412 g/mol. The van der Waals surface area contributed by atoms with Gasteiger partial charge in [-0.2, -0.15) is 0 Å². The quantitative estimate of drug-likeness (QED) is 0.659. The van der Waals surface area contributed by atoms with Gasteiger partial charge in [-0.25, -0.2) is 4.79 Å². The summed E-state index contributed by atoms with van der Waals surface area (Å²) in [5.74, 6) is -0.223. The maximum atomic E-state index is 12.5. The minimum Gasteiger partial charge on any atom is -0.422 e. The van der Waals surface area contributed by atoms with E-state index in [1.807, 2.05) is 6.07 Å². The number of hydrogen-bond acceptors (Lipinski definition) is 7. The van der Waals surface area contributed by atoms with Gasteiger partial charge in [0.1, 0.15) is 16.0 Å². The average molecular weight is 412 g/mol. The molecule has 1 aliphatic heterocycles. The molecular formula is C20H20N4O4S. The van der Waals surface area contributed by atoms with Gasteiger partial charge < -0.3 is 14.6 Å². The zero-order chi connectivity index (χ0) is 20.4. The molecule has 150 valence electrons. The highest BCUT2D eigenvalue weighted by Gasteiger charge is 2.26. The van der Waals surface area contributed by atoms with Crippen LogP contribution in [-0.2, 0) is 0 Å². The molecule has 4 rings (SSSR count). The molecular weight excluding hydrogens is 392 g/mol. The molecule has 1 fully saturated rings. The molecule has 0 bridgehead atoms. The first kappa shape index (κ1) is 19.3. The number of para-hydroxylation sites is 1. The van der Waals surface area contributed by atoms with Crippen molar-refractivity contribution in [2.24, 2.45) is 5.92 Å². The van der Waals surface area contributed by atoms with E-state index in [4.69, 9.17) is 4.42 Å². The van der Waals surface area contributed by atoms with Gasteiger partial charge in [0.15, 0.2) is 0 Å². The van der Waals surface area contributed by atoms with Crippen LogP contribution >= 0.6 is 11.5 Å². The number of piperidine rings is 1. The van der Waals surface area contributed by atoms with Crippen molar-refractivity contribution in [2.45, 2.75) is 19.8 Å². The Kier molecular flexibility index (Phi) is 5.39. The van der Waals surface area contributed by atoms with E-state index >= 15 is 0 Å². The predicted octanol–water partition coefficient (Wildman–Crippen LogP) is 2.24. The Balaban J connectivity index is 1.33. The third kappa shape index (κ3) is 4.04. The fraction of sp³-hybridized carbons (Fsp3) is 0.350. The third-order valence-corrected chi connectivity index (χ3v) is 6.00. The standard InChI is InChI=1S/C20H20N4O4S/c1-12-17(29-23-22-12)19(26)24-8-6-13(7-9-24)11-21-18(25)15-10-14-4-2-3-5-16(14)28-20(15)27/h2-5,10,13H,6-9,11H2,1H3,(H,21,25). The molecule has 0 aliphatic carbocycles. The molecule has 1 saturated heterocycles. The fourth-order valence-corrected chi connectivity index (χ4v) is 4.09. The normalized spacial score (nSPS) is 14.9. The summed E-state index contributed by atoms with van der Waals surface area (Å²) in [7, 11) is 0. The molecule has 0 atom stereocenters. The number of carbonyl (C=O) groups excluding carboxylic acids is 2. The molecule has 0 spiro atoms. The van der Waals surface area contributed by atoms with Crippen LogP contribution in [0, 0.1) is 12.8 Å². The summed E-state index contributed by atoms with van der Waals surface area (Å²) < 4.78 is 9.04. The number of fused-ring (bicyclic) bond motifs is 1. The van der Waals surface area contributed by atoms with Crippen LogP contribution in [0.3, 0.4) is 0 Å². The van der Waals surface area contributed by atoms with Crippen molar-refractivity contribution in [3.05, 3.63) is 56.9 Å². The Labute approximate surface area is 170 Å². The summed E-state index contributed by atoms with van der Waals surface area (Å²) >= 11 is 1.12. The molecule has 0 radical (unpaired) electrons. The van der Waals surface area contributed by atoms with Gasteiger partial charge in [-0.3, -0.25) is 9.59 Å². The predicted molar refractivity (Wildman–Crippen MR) is 108 cm³/mol. The SMILES string of the molecule is Cc1nnsc1C(=O)N1CCC(CNC(=O)c2cc3ccccc3oc2=O)CC1.